The van der Waals surface area contributed by atoms with Crippen molar-refractivity contribution < 1.29 is 13.9 Å². The summed E-state index contributed by atoms with van der Waals surface area (Å²) in [6.07, 6.45) is 2.92. The normalized spacial score (nSPS) is 12.4. The zero-order chi connectivity index (χ0) is 13.1. The maximum absolute atomic E-state index is 13.7. The number of aromatic nitrogens is 2. The third kappa shape index (κ3) is 2.70. The van der Waals surface area contributed by atoms with Crippen LogP contribution in [0.4, 0.5) is 8.78 Å². The number of hydrogen-bond acceptors (Lipinski definition) is 3. The molecular formula is C12H9BrF2N2O. The second kappa shape index (κ2) is 5.49. The van der Waals surface area contributed by atoms with Crippen LogP contribution in [0.25, 0.3) is 0 Å². The predicted molar refractivity (Wildman–Crippen MR) is 64.8 cm³/mol. The van der Waals surface area contributed by atoms with Gasteiger partial charge in [0.1, 0.15) is 17.7 Å². The molecule has 1 heterocycles. The molecule has 18 heavy (non-hydrogen) atoms. The van der Waals surface area contributed by atoms with E-state index in [1.807, 2.05) is 0 Å². The Hall–Kier alpha value is -1.40. The van der Waals surface area contributed by atoms with Crippen molar-refractivity contribution in [2.75, 3.05) is 0 Å². The van der Waals surface area contributed by atoms with Gasteiger partial charge in [-0.2, -0.15) is 0 Å². The third-order valence-electron chi connectivity index (χ3n) is 2.46. The quantitative estimate of drug-likeness (QED) is 0.886. The Kier molecular flexibility index (Phi) is 3.98. The first-order valence-corrected chi connectivity index (χ1v) is 5.95. The Balaban J connectivity index is 2.27. The average molecular weight is 315 g/mol. The van der Waals surface area contributed by atoms with Crippen LogP contribution in [0.3, 0.4) is 0 Å². The van der Waals surface area contributed by atoms with Gasteiger partial charge in [0, 0.05) is 24.4 Å². The van der Waals surface area contributed by atoms with Gasteiger partial charge in [0.05, 0.1) is 16.4 Å². The highest BCUT2D eigenvalue weighted by molar-refractivity contribution is 9.10. The van der Waals surface area contributed by atoms with E-state index in [1.165, 1.54) is 24.7 Å². The van der Waals surface area contributed by atoms with E-state index in [1.54, 1.807) is 0 Å². The highest BCUT2D eigenvalue weighted by atomic mass is 79.9. The SMILES string of the molecule is OC(Cc1c(F)ccc(Br)c1F)c1cnccn1. The van der Waals surface area contributed by atoms with Crippen molar-refractivity contribution in [1.82, 2.24) is 9.97 Å². The van der Waals surface area contributed by atoms with Gasteiger partial charge in [0.15, 0.2) is 0 Å². The molecule has 0 bridgehead atoms. The molecule has 0 fully saturated rings. The lowest BCUT2D eigenvalue weighted by molar-refractivity contribution is 0.170. The molecule has 6 heteroatoms. The maximum Gasteiger partial charge on any atom is 0.143 e. The molecule has 2 aromatic rings. The summed E-state index contributed by atoms with van der Waals surface area (Å²) in [6, 6.07) is 2.43. The number of nitrogens with zero attached hydrogens (tertiary/aromatic N) is 2. The topological polar surface area (TPSA) is 46.0 Å². The Bertz CT molecular complexity index is 551. The molecule has 2 rings (SSSR count). The molecule has 0 saturated heterocycles. The largest absolute Gasteiger partial charge is 0.386 e. The highest BCUT2D eigenvalue weighted by Crippen LogP contribution is 2.25. The highest BCUT2D eigenvalue weighted by Gasteiger charge is 2.18. The Morgan fingerprint density at radius 3 is 2.72 bits per heavy atom. The lowest BCUT2D eigenvalue weighted by Gasteiger charge is -2.11. The zero-order valence-electron chi connectivity index (χ0n) is 9.15. The van der Waals surface area contributed by atoms with Crippen LogP contribution in [0.5, 0.6) is 0 Å². The summed E-state index contributed by atoms with van der Waals surface area (Å²) in [5, 5.41) is 9.86. The van der Waals surface area contributed by atoms with Gasteiger partial charge in [0.25, 0.3) is 0 Å². The van der Waals surface area contributed by atoms with Crippen molar-refractivity contribution in [2.24, 2.45) is 0 Å². The van der Waals surface area contributed by atoms with E-state index in [9.17, 15) is 13.9 Å². The molecule has 0 aliphatic heterocycles. The zero-order valence-corrected chi connectivity index (χ0v) is 10.7. The minimum absolute atomic E-state index is 0.158. The van der Waals surface area contributed by atoms with Gasteiger partial charge in [-0.05, 0) is 28.1 Å². The molecular weight excluding hydrogens is 306 g/mol. The Morgan fingerprint density at radius 2 is 2.06 bits per heavy atom. The summed E-state index contributed by atoms with van der Waals surface area (Å²) < 4.78 is 27.4. The Morgan fingerprint density at radius 1 is 1.28 bits per heavy atom. The van der Waals surface area contributed by atoms with E-state index in [0.29, 0.717) is 0 Å². The van der Waals surface area contributed by atoms with Crippen LogP contribution in [-0.4, -0.2) is 15.1 Å². The van der Waals surface area contributed by atoms with Crippen LogP contribution in [0.15, 0.2) is 35.2 Å². The first-order chi connectivity index (χ1) is 8.59. The van der Waals surface area contributed by atoms with Crippen LogP contribution in [-0.2, 0) is 6.42 Å². The molecule has 1 N–H and O–H groups in total. The second-order valence-corrected chi connectivity index (χ2v) is 4.53. The molecule has 0 aliphatic rings. The molecule has 0 saturated carbocycles. The monoisotopic (exact) mass is 314 g/mol. The van der Waals surface area contributed by atoms with E-state index < -0.39 is 17.7 Å². The van der Waals surface area contributed by atoms with Crippen molar-refractivity contribution in [3.8, 4) is 0 Å². The van der Waals surface area contributed by atoms with Crippen molar-refractivity contribution in [1.29, 1.82) is 0 Å². The third-order valence-corrected chi connectivity index (χ3v) is 3.07. The van der Waals surface area contributed by atoms with Crippen molar-refractivity contribution in [3.05, 3.63) is 58.1 Å². The summed E-state index contributed by atoms with van der Waals surface area (Å²) >= 11 is 2.98. The van der Waals surface area contributed by atoms with E-state index in [4.69, 9.17) is 0 Å². The van der Waals surface area contributed by atoms with Crippen LogP contribution in [0.1, 0.15) is 17.4 Å². The number of halogens is 3. The van der Waals surface area contributed by atoms with Crippen LogP contribution >= 0.6 is 15.9 Å². The number of hydrogen-bond donors (Lipinski definition) is 1. The fraction of sp³-hybridized carbons (Fsp3) is 0.167. The van der Waals surface area contributed by atoms with Crippen molar-refractivity contribution in [2.45, 2.75) is 12.5 Å². The van der Waals surface area contributed by atoms with E-state index in [-0.39, 0.29) is 22.2 Å². The molecule has 3 nitrogen and oxygen atoms in total. The van der Waals surface area contributed by atoms with Crippen LogP contribution < -0.4 is 0 Å². The minimum Gasteiger partial charge on any atom is -0.386 e. The summed E-state index contributed by atoms with van der Waals surface area (Å²) in [5.74, 6) is -1.41. The summed E-state index contributed by atoms with van der Waals surface area (Å²) in [4.78, 5) is 7.68. The van der Waals surface area contributed by atoms with E-state index >= 15 is 0 Å². The van der Waals surface area contributed by atoms with Gasteiger partial charge < -0.3 is 5.11 Å². The van der Waals surface area contributed by atoms with Crippen molar-refractivity contribution in [3.63, 3.8) is 0 Å². The lowest BCUT2D eigenvalue weighted by Crippen LogP contribution is -2.08. The number of benzene rings is 1. The van der Waals surface area contributed by atoms with E-state index in [2.05, 4.69) is 25.9 Å². The average Bonchev–Trinajstić information content (AvgIpc) is 2.40. The van der Waals surface area contributed by atoms with Crippen LogP contribution in [0, 0.1) is 11.6 Å². The molecule has 0 spiro atoms. The number of rotatable bonds is 3. The Labute approximate surface area is 111 Å². The molecule has 0 amide bonds. The second-order valence-electron chi connectivity index (χ2n) is 3.67. The van der Waals surface area contributed by atoms with Gasteiger partial charge >= 0.3 is 0 Å². The minimum atomic E-state index is -1.10. The molecule has 1 unspecified atom stereocenters. The first-order valence-electron chi connectivity index (χ1n) is 5.16. The summed E-state index contributed by atoms with van der Waals surface area (Å²) in [7, 11) is 0. The fourth-order valence-electron chi connectivity index (χ4n) is 1.54. The predicted octanol–water partition coefficient (Wildman–Crippen LogP) is 2.79. The van der Waals surface area contributed by atoms with Gasteiger partial charge in [-0.25, -0.2) is 8.78 Å². The maximum atomic E-state index is 13.7. The molecule has 0 radical (unpaired) electrons. The van der Waals surface area contributed by atoms with Gasteiger partial charge in [-0.15, -0.1) is 0 Å². The van der Waals surface area contributed by atoms with E-state index in [0.717, 1.165) is 6.07 Å². The lowest BCUT2D eigenvalue weighted by atomic mass is 10.0. The molecule has 1 aromatic heterocycles. The van der Waals surface area contributed by atoms with Gasteiger partial charge in [-0.3, -0.25) is 9.97 Å². The number of aliphatic hydroxyl groups excluding tert-OH is 1. The van der Waals surface area contributed by atoms with Gasteiger partial charge in [0.2, 0.25) is 0 Å². The smallest absolute Gasteiger partial charge is 0.143 e. The molecule has 1 aromatic carbocycles. The van der Waals surface area contributed by atoms with Crippen molar-refractivity contribution >= 4 is 15.9 Å². The van der Waals surface area contributed by atoms with Gasteiger partial charge in [-0.1, -0.05) is 0 Å². The fourth-order valence-corrected chi connectivity index (χ4v) is 1.91. The first kappa shape index (κ1) is 13.0. The summed E-state index contributed by atoms with van der Waals surface area (Å²) in [5.41, 5.74) is 0.0961. The molecule has 94 valence electrons. The van der Waals surface area contributed by atoms with Crippen LogP contribution in [0.2, 0.25) is 0 Å². The standard InChI is InChI=1S/C12H9BrF2N2O/c13-8-1-2-9(14)7(12(8)15)5-11(18)10-6-16-3-4-17-10/h1-4,6,11,18H,5H2. The number of aliphatic hydroxyl groups is 1. The summed E-state index contributed by atoms with van der Waals surface area (Å²) in [6.45, 7) is 0. The molecule has 0 aliphatic carbocycles. The molecule has 1 atom stereocenters.